The van der Waals surface area contributed by atoms with E-state index in [2.05, 4.69) is 69.3 Å². The Morgan fingerprint density at radius 1 is 1.03 bits per heavy atom. The Bertz CT molecular complexity index is 1410. The molecule has 3 aromatic carbocycles. The average molecular weight is 380 g/mol. The summed E-state index contributed by atoms with van der Waals surface area (Å²) in [7, 11) is 0. The smallest absolute Gasteiger partial charge is 0.128 e. The number of hydrogen-bond donors (Lipinski definition) is 2. The molecule has 2 N–H and O–H groups in total. The quantitative estimate of drug-likeness (QED) is 0.423. The predicted molar refractivity (Wildman–Crippen MR) is 115 cm³/mol. The van der Waals surface area contributed by atoms with Crippen molar-refractivity contribution in [2.45, 2.75) is 26.9 Å². The first-order chi connectivity index (χ1) is 14.2. The lowest BCUT2D eigenvalue weighted by Gasteiger charge is -2.22. The van der Waals surface area contributed by atoms with E-state index >= 15 is 0 Å². The largest absolute Gasteiger partial charge is 0.488 e. The van der Waals surface area contributed by atoms with Crippen LogP contribution >= 0.6 is 0 Å². The SMILES string of the molecule is CCc1ncc(-c2ccc3c(c2)COc2cc4c(ccc5[nH]c(C)nc54)cc2-3)[nH]1. The van der Waals surface area contributed by atoms with Crippen molar-refractivity contribution in [3.05, 3.63) is 65.9 Å². The summed E-state index contributed by atoms with van der Waals surface area (Å²) >= 11 is 0. The lowest BCUT2D eigenvalue weighted by Crippen LogP contribution is -2.05. The molecule has 0 atom stereocenters. The third-order valence-electron chi connectivity index (χ3n) is 5.74. The highest BCUT2D eigenvalue weighted by atomic mass is 16.5. The molecule has 5 aromatic rings. The lowest BCUT2D eigenvalue weighted by atomic mass is 9.92. The molecule has 1 aliphatic heterocycles. The van der Waals surface area contributed by atoms with E-state index in [1.807, 2.05) is 13.1 Å². The number of aromatic amines is 2. The van der Waals surface area contributed by atoms with Crippen LogP contribution in [-0.2, 0) is 13.0 Å². The van der Waals surface area contributed by atoms with Crippen LogP contribution < -0.4 is 4.74 Å². The van der Waals surface area contributed by atoms with Gasteiger partial charge >= 0.3 is 0 Å². The minimum Gasteiger partial charge on any atom is -0.488 e. The third kappa shape index (κ3) is 2.47. The first kappa shape index (κ1) is 16.4. The monoisotopic (exact) mass is 380 g/mol. The fraction of sp³-hybridized carbons (Fsp3) is 0.167. The number of hydrogen-bond acceptors (Lipinski definition) is 3. The summed E-state index contributed by atoms with van der Waals surface area (Å²) < 4.78 is 6.17. The molecule has 0 saturated heterocycles. The zero-order valence-corrected chi connectivity index (χ0v) is 16.3. The molecule has 0 aliphatic carbocycles. The van der Waals surface area contributed by atoms with Crippen LogP contribution in [0.25, 0.3) is 44.2 Å². The van der Waals surface area contributed by atoms with E-state index < -0.39 is 0 Å². The fourth-order valence-corrected chi connectivity index (χ4v) is 4.27. The molecule has 2 aromatic heterocycles. The molecule has 0 radical (unpaired) electrons. The zero-order valence-electron chi connectivity index (χ0n) is 16.3. The first-order valence-electron chi connectivity index (χ1n) is 9.93. The van der Waals surface area contributed by atoms with Crippen molar-refractivity contribution in [2.24, 2.45) is 0 Å². The Kier molecular flexibility index (Phi) is 3.36. The Balaban J connectivity index is 1.50. The minimum absolute atomic E-state index is 0.562. The molecule has 5 nitrogen and oxygen atoms in total. The molecule has 0 fully saturated rings. The summed E-state index contributed by atoms with van der Waals surface area (Å²) in [6.07, 6.45) is 2.81. The van der Waals surface area contributed by atoms with E-state index in [1.165, 1.54) is 16.5 Å². The standard InChI is InChI=1S/C24H20N4O/c1-3-23-25-11-21(28-23)15-4-6-17-16(8-15)12-29-22-10-18-14(9-19(17)22)5-7-20-24(18)27-13(2)26-20/h4-11H,3,12H2,1-2H3,(H,25,28)(H,26,27). The van der Waals surface area contributed by atoms with Crippen molar-refractivity contribution < 1.29 is 4.74 Å². The van der Waals surface area contributed by atoms with Crippen molar-refractivity contribution in [1.29, 1.82) is 0 Å². The van der Waals surface area contributed by atoms with E-state index in [9.17, 15) is 0 Å². The lowest BCUT2D eigenvalue weighted by molar-refractivity contribution is 0.303. The number of nitrogens with one attached hydrogen (secondary N) is 2. The number of rotatable bonds is 2. The van der Waals surface area contributed by atoms with Crippen molar-refractivity contribution in [3.8, 4) is 28.1 Å². The fourth-order valence-electron chi connectivity index (χ4n) is 4.27. The normalized spacial score (nSPS) is 12.8. The second-order valence-electron chi connectivity index (χ2n) is 7.61. The maximum absolute atomic E-state index is 6.17. The van der Waals surface area contributed by atoms with E-state index in [0.29, 0.717) is 6.61 Å². The number of imidazole rings is 2. The van der Waals surface area contributed by atoms with Gasteiger partial charge in [-0.2, -0.15) is 0 Å². The van der Waals surface area contributed by atoms with E-state index in [0.717, 1.165) is 57.1 Å². The topological polar surface area (TPSA) is 66.6 Å². The Labute approximate surface area is 167 Å². The van der Waals surface area contributed by atoms with Crippen molar-refractivity contribution in [1.82, 2.24) is 19.9 Å². The summed E-state index contributed by atoms with van der Waals surface area (Å²) in [6, 6.07) is 15.2. The molecule has 0 spiro atoms. The molecule has 6 rings (SSSR count). The van der Waals surface area contributed by atoms with Crippen LogP contribution in [-0.4, -0.2) is 19.9 Å². The summed E-state index contributed by atoms with van der Waals surface area (Å²) in [5.74, 6) is 2.85. The highest BCUT2D eigenvalue weighted by Gasteiger charge is 2.20. The summed E-state index contributed by atoms with van der Waals surface area (Å²) in [5.41, 5.74) is 7.79. The predicted octanol–water partition coefficient (Wildman–Crippen LogP) is 5.54. The van der Waals surface area contributed by atoms with Gasteiger partial charge in [0.2, 0.25) is 0 Å². The molecule has 0 saturated carbocycles. The number of benzene rings is 3. The van der Waals surface area contributed by atoms with Crippen LogP contribution in [0.15, 0.2) is 48.7 Å². The maximum Gasteiger partial charge on any atom is 0.128 e. The number of aromatic nitrogens is 4. The van der Waals surface area contributed by atoms with Gasteiger partial charge in [-0.05, 0) is 53.3 Å². The van der Waals surface area contributed by atoms with Gasteiger partial charge in [0.1, 0.15) is 24.0 Å². The van der Waals surface area contributed by atoms with Gasteiger partial charge < -0.3 is 14.7 Å². The minimum atomic E-state index is 0.562. The molecule has 0 bridgehead atoms. The van der Waals surface area contributed by atoms with Gasteiger partial charge in [0.05, 0.1) is 22.9 Å². The van der Waals surface area contributed by atoms with Crippen LogP contribution in [0.4, 0.5) is 0 Å². The second kappa shape index (κ2) is 5.95. The molecular formula is C24H20N4O. The van der Waals surface area contributed by atoms with Crippen LogP contribution in [0.5, 0.6) is 5.75 Å². The highest BCUT2D eigenvalue weighted by molar-refractivity contribution is 6.07. The molecule has 0 unspecified atom stereocenters. The van der Waals surface area contributed by atoms with Crippen LogP contribution in [0.2, 0.25) is 0 Å². The molecular weight excluding hydrogens is 360 g/mol. The molecule has 142 valence electrons. The zero-order chi connectivity index (χ0) is 19.5. The number of nitrogens with zero attached hydrogens (tertiary/aromatic N) is 2. The average Bonchev–Trinajstić information content (AvgIpc) is 3.38. The highest BCUT2D eigenvalue weighted by Crippen LogP contribution is 2.42. The van der Waals surface area contributed by atoms with E-state index in [4.69, 9.17) is 4.74 Å². The van der Waals surface area contributed by atoms with Crippen molar-refractivity contribution in [3.63, 3.8) is 0 Å². The van der Waals surface area contributed by atoms with Gasteiger partial charge in [-0.1, -0.05) is 25.1 Å². The molecule has 29 heavy (non-hydrogen) atoms. The number of fused-ring (bicyclic) bond motifs is 6. The Morgan fingerprint density at radius 3 is 2.83 bits per heavy atom. The molecule has 3 heterocycles. The van der Waals surface area contributed by atoms with Crippen LogP contribution in [0.3, 0.4) is 0 Å². The number of ether oxygens (including phenoxy) is 1. The number of aryl methyl sites for hydroxylation is 2. The number of H-pyrrole nitrogens is 2. The summed E-state index contributed by atoms with van der Waals surface area (Å²) in [4.78, 5) is 15.8. The Morgan fingerprint density at radius 2 is 1.97 bits per heavy atom. The van der Waals surface area contributed by atoms with Gasteiger partial charge in [0.15, 0.2) is 0 Å². The Hall–Kier alpha value is -3.60. The summed E-state index contributed by atoms with van der Waals surface area (Å²) in [6.45, 7) is 4.65. The van der Waals surface area contributed by atoms with Crippen molar-refractivity contribution in [2.75, 3.05) is 0 Å². The van der Waals surface area contributed by atoms with Gasteiger partial charge in [0, 0.05) is 17.4 Å². The second-order valence-corrected chi connectivity index (χ2v) is 7.61. The van der Waals surface area contributed by atoms with Gasteiger partial charge in [-0.15, -0.1) is 0 Å². The van der Waals surface area contributed by atoms with Gasteiger partial charge in [0.25, 0.3) is 0 Å². The van der Waals surface area contributed by atoms with Crippen molar-refractivity contribution >= 4 is 21.8 Å². The van der Waals surface area contributed by atoms with Crippen LogP contribution in [0.1, 0.15) is 24.1 Å². The van der Waals surface area contributed by atoms with Gasteiger partial charge in [-0.3, -0.25) is 0 Å². The van der Waals surface area contributed by atoms with E-state index in [-0.39, 0.29) is 0 Å². The van der Waals surface area contributed by atoms with Crippen LogP contribution in [0, 0.1) is 6.92 Å². The van der Waals surface area contributed by atoms with Gasteiger partial charge in [-0.25, -0.2) is 9.97 Å². The third-order valence-corrected chi connectivity index (χ3v) is 5.74. The first-order valence-corrected chi connectivity index (χ1v) is 9.93. The maximum atomic E-state index is 6.17. The molecule has 1 aliphatic rings. The van der Waals surface area contributed by atoms with E-state index in [1.54, 1.807) is 0 Å². The molecule has 5 heteroatoms. The molecule has 0 amide bonds. The summed E-state index contributed by atoms with van der Waals surface area (Å²) in [5, 5.41) is 2.29.